The second-order valence-corrected chi connectivity index (χ2v) is 7.08. The number of aromatic nitrogens is 3. The minimum atomic E-state index is 0.0431. The van der Waals surface area contributed by atoms with Gasteiger partial charge in [0, 0.05) is 12.1 Å². The lowest BCUT2D eigenvalue weighted by atomic mass is 10.1. The zero-order valence-corrected chi connectivity index (χ0v) is 13.0. The molecule has 0 fully saturated rings. The molecule has 0 spiro atoms. The highest BCUT2D eigenvalue weighted by atomic mass is 79.9. The molecule has 0 amide bonds. The fraction of sp³-hybridized carbons (Fsp3) is 0.300. The fourth-order valence-corrected chi connectivity index (χ4v) is 4.31. The molecule has 0 unspecified atom stereocenters. The molecule has 17 heavy (non-hydrogen) atoms. The van der Waals surface area contributed by atoms with E-state index in [1.165, 1.54) is 17.7 Å². The Labute approximate surface area is 119 Å². The van der Waals surface area contributed by atoms with E-state index in [-0.39, 0.29) is 12.2 Å². The lowest BCUT2D eigenvalue weighted by Gasteiger charge is -2.01. The van der Waals surface area contributed by atoms with Gasteiger partial charge in [0.25, 0.3) is 0 Å². The Morgan fingerprint density at radius 1 is 1.53 bits per heavy atom. The van der Waals surface area contributed by atoms with Gasteiger partial charge in [-0.05, 0) is 44.8 Å². The average molecular weight is 379 g/mol. The highest BCUT2D eigenvalue weighted by Crippen LogP contribution is 2.32. The molecule has 0 atom stereocenters. The van der Waals surface area contributed by atoms with Gasteiger partial charge in [-0.2, -0.15) is 5.10 Å². The third-order valence-corrected chi connectivity index (χ3v) is 4.61. The Bertz CT molecular complexity index is 549. The van der Waals surface area contributed by atoms with E-state index in [9.17, 15) is 4.79 Å². The van der Waals surface area contributed by atoms with Crippen molar-refractivity contribution in [2.24, 2.45) is 0 Å². The summed E-state index contributed by atoms with van der Waals surface area (Å²) in [6, 6.07) is 1.82. The molecule has 0 aromatic carbocycles. The summed E-state index contributed by atoms with van der Waals surface area (Å²) < 4.78 is 3.51. The topological polar surface area (TPSA) is 47.8 Å². The highest BCUT2D eigenvalue weighted by Gasteiger charge is 2.16. The maximum absolute atomic E-state index is 12.1. The van der Waals surface area contributed by atoms with Gasteiger partial charge in [0.05, 0.1) is 14.0 Å². The number of hydrogen-bond acceptors (Lipinski definition) is 4. The molecule has 2 aromatic rings. The van der Waals surface area contributed by atoms with Gasteiger partial charge >= 0.3 is 0 Å². The molecule has 7 heteroatoms. The number of aryl methyl sites for hydroxylation is 1. The normalized spacial score (nSPS) is 10.8. The van der Waals surface area contributed by atoms with Crippen molar-refractivity contribution in [2.75, 3.05) is 0 Å². The highest BCUT2D eigenvalue weighted by molar-refractivity contribution is 9.12. The first-order valence-corrected chi connectivity index (χ1v) is 7.36. The van der Waals surface area contributed by atoms with Crippen LogP contribution in [0.15, 0.2) is 20.0 Å². The van der Waals surface area contributed by atoms with E-state index in [2.05, 4.69) is 41.9 Å². The Morgan fingerprint density at radius 3 is 2.88 bits per heavy atom. The predicted octanol–water partition coefficient (Wildman–Crippen LogP) is 3.31. The molecule has 0 saturated heterocycles. The summed E-state index contributed by atoms with van der Waals surface area (Å²) in [5.41, 5.74) is 0.688. The number of hydrogen-bond donors (Lipinski definition) is 0. The fourth-order valence-electron chi connectivity index (χ4n) is 1.46. The summed E-state index contributed by atoms with van der Waals surface area (Å²) in [5, 5.41) is 4.04. The number of halogens is 2. The lowest BCUT2D eigenvalue weighted by Crippen LogP contribution is -2.10. The van der Waals surface area contributed by atoms with Crippen molar-refractivity contribution < 1.29 is 4.79 Å². The smallest absolute Gasteiger partial charge is 0.172 e. The summed E-state index contributed by atoms with van der Waals surface area (Å²) in [7, 11) is 0. The van der Waals surface area contributed by atoms with Crippen molar-refractivity contribution in [3.8, 4) is 0 Å². The second kappa shape index (κ2) is 5.41. The van der Waals surface area contributed by atoms with Crippen LogP contribution >= 0.6 is 43.2 Å². The van der Waals surface area contributed by atoms with Gasteiger partial charge in [-0.25, -0.2) is 9.67 Å². The SMILES string of the molecule is CCn1ncnc1CC(=O)c1cc(Br)sc1Br. The van der Waals surface area contributed by atoms with E-state index in [1.54, 1.807) is 4.68 Å². The maximum atomic E-state index is 12.1. The molecular weight excluding hydrogens is 370 g/mol. The van der Waals surface area contributed by atoms with Crippen LogP contribution in [0.5, 0.6) is 0 Å². The van der Waals surface area contributed by atoms with Crippen molar-refractivity contribution in [1.29, 1.82) is 0 Å². The number of rotatable bonds is 4. The first kappa shape index (κ1) is 12.9. The molecule has 0 aliphatic carbocycles. The monoisotopic (exact) mass is 377 g/mol. The molecular formula is C10H9Br2N3OS. The third-order valence-electron chi connectivity index (χ3n) is 2.27. The first-order chi connectivity index (χ1) is 8.11. The van der Waals surface area contributed by atoms with Gasteiger partial charge in [0.1, 0.15) is 12.2 Å². The lowest BCUT2D eigenvalue weighted by molar-refractivity contribution is 0.0989. The Balaban J connectivity index is 2.20. The third kappa shape index (κ3) is 2.83. The quantitative estimate of drug-likeness (QED) is 0.766. The second-order valence-electron chi connectivity index (χ2n) is 3.33. The van der Waals surface area contributed by atoms with Gasteiger partial charge in [-0.1, -0.05) is 0 Å². The van der Waals surface area contributed by atoms with Crippen molar-refractivity contribution in [1.82, 2.24) is 14.8 Å². The number of carbonyl (C=O) groups excluding carboxylic acids is 1. The molecule has 0 aliphatic rings. The number of ketones is 1. The van der Waals surface area contributed by atoms with Crippen molar-refractivity contribution in [3.05, 3.63) is 31.4 Å². The van der Waals surface area contributed by atoms with E-state index in [0.29, 0.717) is 11.4 Å². The van der Waals surface area contributed by atoms with Crippen LogP contribution in [0.1, 0.15) is 23.1 Å². The van der Waals surface area contributed by atoms with Crippen LogP contribution in [0.3, 0.4) is 0 Å². The van der Waals surface area contributed by atoms with Gasteiger partial charge in [-0.3, -0.25) is 4.79 Å². The van der Waals surface area contributed by atoms with Gasteiger partial charge < -0.3 is 0 Å². The molecule has 2 aromatic heterocycles. The zero-order valence-electron chi connectivity index (χ0n) is 8.98. The molecule has 90 valence electrons. The minimum Gasteiger partial charge on any atom is -0.294 e. The van der Waals surface area contributed by atoms with Crippen LogP contribution in [0.25, 0.3) is 0 Å². The van der Waals surface area contributed by atoms with Crippen molar-refractivity contribution in [2.45, 2.75) is 19.9 Å². The molecule has 0 saturated carbocycles. The molecule has 2 rings (SSSR count). The van der Waals surface area contributed by atoms with Gasteiger partial charge in [0.15, 0.2) is 5.78 Å². The van der Waals surface area contributed by atoms with Crippen LogP contribution in [0.2, 0.25) is 0 Å². The maximum Gasteiger partial charge on any atom is 0.172 e. The summed E-state index contributed by atoms with van der Waals surface area (Å²) in [6.07, 6.45) is 1.75. The van der Waals surface area contributed by atoms with Crippen LogP contribution in [0, 0.1) is 0 Å². The van der Waals surface area contributed by atoms with Gasteiger partial charge in [0.2, 0.25) is 0 Å². The molecule has 0 bridgehead atoms. The summed E-state index contributed by atoms with van der Waals surface area (Å²) in [4.78, 5) is 16.2. The first-order valence-electron chi connectivity index (χ1n) is 4.96. The summed E-state index contributed by atoms with van der Waals surface area (Å²) in [5.74, 6) is 0.744. The van der Waals surface area contributed by atoms with Crippen LogP contribution in [-0.2, 0) is 13.0 Å². The Morgan fingerprint density at radius 2 is 2.29 bits per heavy atom. The largest absolute Gasteiger partial charge is 0.294 e. The molecule has 0 aliphatic heterocycles. The van der Waals surface area contributed by atoms with E-state index in [0.717, 1.165) is 14.1 Å². The number of Topliss-reactive ketones (excluding diaryl/α,β-unsaturated/α-hetero) is 1. The molecule has 0 radical (unpaired) electrons. The van der Waals surface area contributed by atoms with E-state index in [4.69, 9.17) is 0 Å². The standard InChI is InChI=1S/C10H9Br2N3OS/c1-2-15-9(13-5-14-15)4-7(16)6-3-8(11)17-10(6)12/h3,5H,2,4H2,1H3. The summed E-state index contributed by atoms with van der Waals surface area (Å²) in [6.45, 7) is 2.69. The average Bonchev–Trinajstić information content (AvgIpc) is 2.84. The van der Waals surface area contributed by atoms with Crippen LogP contribution in [0.4, 0.5) is 0 Å². The minimum absolute atomic E-state index is 0.0431. The van der Waals surface area contributed by atoms with Crippen LogP contribution < -0.4 is 0 Å². The Kier molecular flexibility index (Phi) is 4.11. The summed E-state index contributed by atoms with van der Waals surface area (Å²) >= 11 is 8.23. The molecule has 4 nitrogen and oxygen atoms in total. The predicted molar refractivity (Wildman–Crippen MR) is 73.4 cm³/mol. The van der Waals surface area contributed by atoms with E-state index >= 15 is 0 Å². The zero-order chi connectivity index (χ0) is 12.4. The van der Waals surface area contributed by atoms with Crippen LogP contribution in [-0.4, -0.2) is 20.5 Å². The Hall–Kier alpha value is -0.530. The van der Waals surface area contributed by atoms with Crippen molar-refractivity contribution in [3.63, 3.8) is 0 Å². The number of nitrogens with zero attached hydrogens (tertiary/aromatic N) is 3. The molecule has 2 heterocycles. The number of thiophene rings is 1. The van der Waals surface area contributed by atoms with Gasteiger partial charge in [-0.15, -0.1) is 11.3 Å². The van der Waals surface area contributed by atoms with E-state index in [1.807, 2.05) is 13.0 Å². The van der Waals surface area contributed by atoms with E-state index < -0.39 is 0 Å². The van der Waals surface area contributed by atoms with Crippen molar-refractivity contribution >= 4 is 49.0 Å². The molecule has 0 N–H and O–H groups in total. The number of carbonyl (C=O) groups is 1.